The summed E-state index contributed by atoms with van der Waals surface area (Å²) in [6.07, 6.45) is 5.36. The quantitative estimate of drug-likeness (QED) is 0.652. The summed E-state index contributed by atoms with van der Waals surface area (Å²) in [5, 5.41) is 12.4. The minimum absolute atomic E-state index is 0.215. The minimum Gasteiger partial charge on any atom is -0.354 e. The van der Waals surface area contributed by atoms with Crippen molar-refractivity contribution in [2.24, 2.45) is 0 Å². The molecule has 156 valence electrons. The summed E-state index contributed by atoms with van der Waals surface area (Å²) in [5.74, 6) is -0.315. The molecule has 0 bridgehead atoms. The van der Waals surface area contributed by atoms with Gasteiger partial charge in [-0.15, -0.1) is 0 Å². The Morgan fingerprint density at radius 2 is 1.73 bits per heavy atom. The summed E-state index contributed by atoms with van der Waals surface area (Å²) in [6, 6.07) is 15.0. The largest absolute Gasteiger partial charge is 0.354 e. The van der Waals surface area contributed by atoms with Gasteiger partial charge in [0.05, 0.1) is 12.1 Å². The van der Waals surface area contributed by atoms with Gasteiger partial charge in [-0.25, -0.2) is 4.68 Å². The molecule has 1 heterocycles. The Hall–Kier alpha value is -2.70. The maximum atomic E-state index is 13.1. The molecule has 0 radical (unpaired) electrons. The smallest absolute Gasteiger partial charge is 0.275 e. The van der Waals surface area contributed by atoms with Crippen LogP contribution in [-0.2, 0) is 12.2 Å². The fourth-order valence-corrected chi connectivity index (χ4v) is 4.47. The first-order valence-electron chi connectivity index (χ1n) is 10.3. The van der Waals surface area contributed by atoms with Crippen molar-refractivity contribution in [1.82, 2.24) is 20.4 Å². The van der Waals surface area contributed by atoms with E-state index in [2.05, 4.69) is 15.7 Å². The number of nitrogens with zero attached hydrogens (tertiary/aromatic N) is 2. The second-order valence-electron chi connectivity index (χ2n) is 7.76. The van der Waals surface area contributed by atoms with Crippen LogP contribution in [0.3, 0.4) is 0 Å². The molecule has 1 fully saturated rings. The monoisotopic (exact) mass is 424 g/mol. The zero-order valence-corrected chi connectivity index (χ0v) is 17.7. The van der Waals surface area contributed by atoms with Gasteiger partial charge in [0.1, 0.15) is 0 Å². The summed E-state index contributed by atoms with van der Waals surface area (Å²) < 4.78 is 1.36. The van der Waals surface area contributed by atoms with E-state index in [0.29, 0.717) is 15.8 Å². The molecule has 2 N–H and O–H groups in total. The van der Waals surface area contributed by atoms with Crippen LogP contribution in [-0.4, -0.2) is 22.7 Å². The average Bonchev–Trinajstić information content (AvgIpc) is 2.79. The molecule has 1 aliphatic carbocycles. The van der Waals surface area contributed by atoms with E-state index in [4.69, 9.17) is 11.6 Å². The molecule has 3 aromatic rings. The highest BCUT2D eigenvalue weighted by atomic mass is 35.5. The van der Waals surface area contributed by atoms with Crippen molar-refractivity contribution in [1.29, 1.82) is 0 Å². The van der Waals surface area contributed by atoms with Gasteiger partial charge in [-0.05, 0) is 36.6 Å². The highest BCUT2D eigenvalue weighted by Gasteiger charge is 2.33. The summed E-state index contributed by atoms with van der Waals surface area (Å²) in [7, 11) is 1.56. The number of hydrogen-bond acceptors (Lipinski definition) is 4. The van der Waals surface area contributed by atoms with Gasteiger partial charge in [-0.1, -0.05) is 61.2 Å². The van der Waals surface area contributed by atoms with E-state index in [1.54, 1.807) is 31.3 Å². The SMILES string of the molecule is CNC(=O)c1nn(CNC2(c3ccc(Cl)cc3)CCCCC2)c(=O)c2ccccc12. The summed E-state index contributed by atoms with van der Waals surface area (Å²) in [6.45, 7) is 0.219. The lowest BCUT2D eigenvalue weighted by Gasteiger charge is -2.39. The standard InChI is InChI=1S/C23H25ClN4O2/c1-25-21(29)20-18-7-3-4-8-19(18)22(30)28(27-20)15-26-23(13-5-2-6-14-23)16-9-11-17(24)12-10-16/h3-4,7-12,26H,2,5-6,13-15H2,1H3,(H,25,29). The third-order valence-electron chi connectivity index (χ3n) is 5.98. The molecule has 0 atom stereocenters. The molecular formula is C23H25ClN4O2. The zero-order chi connectivity index (χ0) is 21.1. The van der Waals surface area contributed by atoms with Crippen molar-refractivity contribution in [3.63, 3.8) is 0 Å². The zero-order valence-electron chi connectivity index (χ0n) is 17.0. The van der Waals surface area contributed by atoms with Crippen LogP contribution in [0.25, 0.3) is 10.8 Å². The van der Waals surface area contributed by atoms with Crippen LogP contribution in [0.4, 0.5) is 0 Å². The fraction of sp³-hybridized carbons (Fsp3) is 0.348. The van der Waals surface area contributed by atoms with Crippen LogP contribution in [0.5, 0.6) is 0 Å². The van der Waals surface area contributed by atoms with Crippen LogP contribution in [0.1, 0.15) is 48.2 Å². The van der Waals surface area contributed by atoms with Gasteiger partial charge in [-0.3, -0.25) is 14.9 Å². The predicted molar refractivity (Wildman–Crippen MR) is 119 cm³/mol. The predicted octanol–water partition coefficient (Wildman–Crippen LogP) is 3.82. The second-order valence-corrected chi connectivity index (χ2v) is 8.20. The lowest BCUT2D eigenvalue weighted by molar-refractivity contribution is 0.0957. The first kappa shape index (κ1) is 20.6. The van der Waals surface area contributed by atoms with Crippen LogP contribution in [0.2, 0.25) is 5.02 Å². The normalized spacial score (nSPS) is 15.8. The van der Waals surface area contributed by atoms with E-state index in [1.165, 1.54) is 11.1 Å². The Kier molecular flexibility index (Phi) is 5.88. The van der Waals surface area contributed by atoms with Crippen LogP contribution in [0.15, 0.2) is 53.3 Å². The number of amides is 1. The number of rotatable bonds is 5. The van der Waals surface area contributed by atoms with Gasteiger partial charge >= 0.3 is 0 Å². The molecule has 0 aliphatic heterocycles. The van der Waals surface area contributed by atoms with Crippen molar-refractivity contribution in [2.45, 2.75) is 44.3 Å². The van der Waals surface area contributed by atoms with Crippen LogP contribution < -0.4 is 16.2 Å². The molecule has 0 spiro atoms. The maximum absolute atomic E-state index is 13.1. The maximum Gasteiger partial charge on any atom is 0.275 e. The molecule has 0 unspecified atom stereocenters. The molecular weight excluding hydrogens is 400 g/mol. The number of fused-ring (bicyclic) bond motifs is 1. The van der Waals surface area contributed by atoms with Crippen molar-refractivity contribution >= 4 is 28.3 Å². The highest BCUT2D eigenvalue weighted by Crippen LogP contribution is 2.37. The summed E-state index contributed by atoms with van der Waals surface area (Å²) in [4.78, 5) is 25.5. The minimum atomic E-state index is -0.315. The van der Waals surface area contributed by atoms with Gasteiger partial charge in [0.2, 0.25) is 0 Å². The number of halogens is 1. The molecule has 0 saturated heterocycles. The van der Waals surface area contributed by atoms with Gasteiger partial charge < -0.3 is 5.32 Å². The Labute approximate surface area is 180 Å². The Balaban J connectivity index is 1.72. The van der Waals surface area contributed by atoms with E-state index >= 15 is 0 Å². The van der Waals surface area contributed by atoms with E-state index in [-0.39, 0.29) is 29.4 Å². The molecule has 30 heavy (non-hydrogen) atoms. The van der Waals surface area contributed by atoms with E-state index < -0.39 is 0 Å². The molecule has 2 aromatic carbocycles. The van der Waals surface area contributed by atoms with Crippen molar-refractivity contribution < 1.29 is 4.79 Å². The highest BCUT2D eigenvalue weighted by molar-refractivity contribution is 6.30. The van der Waals surface area contributed by atoms with E-state index in [0.717, 1.165) is 31.2 Å². The molecule has 1 amide bonds. The number of hydrogen-bond donors (Lipinski definition) is 2. The number of aromatic nitrogens is 2. The Morgan fingerprint density at radius 3 is 2.40 bits per heavy atom. The van der Waals surface area contributed by atoms with E-state index in [9.17, 15) is 9.59 Å². The number of carbonyl (C=O) groups excluding carboxylic acids is 1. The number of benzene rings is 2. The average molecular weight is 425 g/mol. The van der Waals surface area contributed by atoms with E-state index in [1.807, 2.05) is 24.3 Å². The van der Waals surface area contributed by atoms with Crippen LogP contribution >= 0.6 is 11.6 Å². The molecule has 1 aliphatic rings. The van der Waals surface area contributed by atoms with Gasteiger partial charge in [0.15, 0.2) is 5.69 Å². The molecule has 7 heteroatoms. The third kappa shape index (κ3) is 3.85. The third-order valence-corrected chi connectivity index (χ3v) is 6.23. The summed E-state index contributed by atoms with van der Waals surface area (Å²) in [5.41, 5.74) is 0.946. The molecule has 1 saturated carbocycles. The summed E-state index contributed by atoms with van der Waals surface area (Å²) >= 11 is 6.09. The van der Waals surface area contributed by atoms with Crippen molar-refractivity contribution in [3.05, 3.63) is 75.2 Å². The second kappa shape index (κ2) is 8.58. The lowest BCUT2D eigenvalue weighted by Crippen LogP contribution is -2.46. The number of carbonyl (C=O) groups is 1. The van der Waals surface area contributed by atoms with Crippen molar-refractivity contribution in [3.8, 4) is 0 Å². The first-order valence-corrected chi connectivity index (χ1v) is 10.6. The first-order chi connectivity index (χ1) is 14.5. The van der Waals surface area contributed by atoms with Gasteiger partial charge in [-0.2, -0.15) is 5.10 Å². The molecule has 6 nitrogen and oxygen atoms in total. The Morgan fingerprint density at radius 1 is 1.07 bits per heavy atom. The fourth-order valence-electron chi connectivity index (χ4n) is 4.35. The van der Waals surface area contributed by atoms with Crippen LogP contribution in [0, 0.1) is 0 Å². The lowest BCUT2D eigenvalue weighted by atomic mass is 9.76. The molecule has 4 rings (SSSR count). The Bertz CT molecular complexity index is 1120. The van der Waals surface area contributed by atoms with Crippen molar-refractivity contribution in [2.75, 3.05) is 7.05 Å². The van der Waals surface area contributed by atoms with Gasteiger partial charge in [0, 0.05) is 23.0 Å². The topological polar surface area (TPSA) is 76.0 Å². The number of nitrogens with one attached hydrogen (secondary N) is 2. The molecule has 1 aromatic heterocycles. The van der Waals surface area contributed by atoms with Gasteiger partial charge in [0.25, 0.3) is 11.5 Å².